The summed E-state index contributed by atoms with van der Waals surface area (Å²) in [4.78, 5) is 23.9. The number of aromatic nitrogens is 4. The number of carbonyl (C=O) groups is 1. The van der Waals surface area contributed by atoms with E-state index in [-0.39, 0.29) is 5.91 Å². The van der Waals surface area contributed by atoms with Gasteiger partial charge in [0.05, 0.1) is 17.9 Å². The van der Waals surface area contributed by atoms with Crippen LogP contribution in [0.25, 0.3) is 10.9 Å². The highest BCUT2D eigenvalue weighted by atomic mass is 16.5. The minimum Gasteiger partial charge on any atom is -0.437 e. The predicted molar refractivity (Wildman–Crippen MR) is 126 cm³/mol. The molecule has 0 saturated carbocycles. The van der Waals surface area contributed by atoms with Gasteiger partial charge in [0.25, 0.3) is 5.91 Å². The van der Waals surface area contributed by atoms with E-state index in [0.717, 1.165) is 50.0 Å². The summed E-state index contributed by atoms with van der Waals surface area (Å²) in [6.07, 6.45) is 9.25. The van der Waals surface area contributed by atoms with E-state index >= 15 is 0 Å². The lowest BCUT2D eigenvalue weighted by Crippen LogP contribution is -2.32. The van der Waals surface area contributed by atoms with E-state index in [9.17, 15) is 4.79 Å². The van der Waals surface area contributed by atoms with Gasteiger partial charge in [-0.1, -0.05) is 12.1 Å². The fourth-order valence-corrected chi connectivity index (χ4v) is 4.52. The summed E-state index contributed by atoms with van der Waals surface area (Å²) in [5.74, 6) is 1.39. The highest BCUT2D eigenvalue weighted by molar-refractivity contribution is 5.96. The second-order valence-electron chi connectivity index (χ2n) is 8.64. The average Bonchev–Trinajstić information content (AvgIpc) is 3.21. The number of likely N-dealkylation sites (tertiary alicyclic amines) is 1. The Kier molecular flexibility index (Phi) is 6.02. The van der Waals surface area contributed by atoms with E-state index in [1.54, 1.807) is 24.5 Å². The van der Waals surface area contributed by atoms with Gasteiger partial charge in [0, 0.05) is 30.4 Å². The monoisotopic (exact) mass is 441 g/mol. The van der Waals surface area contributed by atoms with Gasteiger partial charge in [0.2, 0.25) is 5.88 Å². The minimum absolute atomic E-state index is 0.0317. The molecule has 33 heavy (non-hydrogen) atoms. The molecule has 1 saturated heterocycles. The molecule has 0 aliphatic carbocycles. The first kappa shape index (κ1) is 21.1. The summed E-state index contributed by atoms with van der Waals surface area (Å²) in [6.45, 7) is 3.39. The maximum absolute atomic E-state index is 13.4. The molecule has 1 aromatic carbocycles. The summed E-state index contributed by atoms with van der Waals surface area (Å²) in [5.41, 5.74) is 3.79. The van der Waals surface area contributed by atoms with E-state index in [2.05, 4.69) is 38.4 Å². The zero-order valence-corrected chi connectivity index (χ0v) is 18.7. The molecule has 0 radical (unpaired) electrons. The second-order valence-corrected chi connectivity index (χ2v) is 8.64. The third-order valence-electron chi connectivity index (χ3n) is 6.32. The van der Waals surface area contributed by atoms with Crippen molar-refractivity contribution in [1.29, 1.82) is 0 Å². The van der Waals surface area contributed by atoms with E-state index in [0.29, 0.717) is 23.1 Å². The largest absolute Gasteiger partial charge is 0.437 e. The molecule has 1 aliphatic rings. The molecule has 168 valence electrons. The van der Waals surface area contributed by atoms with E-state index in [1.807, 2.05) is 30.2 Å². The molecule has 4 aromatic rings. The van der Waals surface area contributed by atoms with Gasteiger partial charge < -0.3 is 9.64 Å². The summed E-state index contributed by atoms with van der Waals surface area (Å²) >= 11 is 0. The van der Waals surface area contributed by atoms with Gasteiger partial charge in [0.1, 0.15) is 11.3 Å². The van der Waals surface area contributed by atoms with Crippen molar-refractivity contribution in [2.75, 3.05) is 13.1 Å². The summed E-state index contributed by atoms with van der Waals surface area (Å²) < 4.78 is 5.91. The number of hydrogen-bond acceptors (Lipinski definition) is 5. The Labute approximate surface area is 192 Å². The molecule has 1 atom stereocenters. The SMILES string of the molecule is Cc1ccc(Oc2ncccc2C(=O)N2CCCC(Cc3cccc4[nH]ncc34)CC2)cn1. The third kappa shape index (κ3) is 4.72. The lowest BCUT2D eigenvalue weighted by atomic mass is 9.91. The Morgan fingerprint density at radius 3 is 2.91 bits per heavy atom. The quantitative estimate of drug-likeness (QED) is 0.474. The molecule has 7 heteroatoms. The molecule has 0 spiro atoms. The molecule has 4 heterocycles. The highest BCUT2D eigenvalue weighted by Gasteiger charge is 2.25. The van der Waals surface area contributed by atoms with Crippen LogP contribution >= 0.6 is 0 Å². The number of nitrogens with one attached hydrogen (secondary N) is 1. The normalized spacial score (nSPS) is 16.5. The fraction of sp³-hybridized carbons (Fsp3) is 0.308. The lowest BCUT2D eigenvalue weighted by Gasteiger charge is -2.21. The lowest BCUT2D eigenvalue weighted by molar-refractivity contribution is 0.0756. The van der Waals surface area contributed by atoms with Gasteiger partial charge in [-0.05, 0) is 74.4 Å². The molecule has 5 rings (SSSR count). The summed E-state index contributed by atoms with van der Waals surface area (Å²) in [7, 11) is 0. The van der Waals surface area contributed by atoms with Gasteiger partial charge in [-0.15, -0.1) is 0 Å². The predicted octanol–water partition coefficient (Wildman–Crippen LogP) is 4.94. The Hall–Kier alpha value is -3.74. The van der Waals surface area contributed by atoms with Crippen molar-refractivity contribution in [3.63, 3.8) is 0 Å². The van der Waals surface area contributed by atoms with Gasteiger partial charge in [-0.3, -0.25) is 14.9 Å². The number of pyridine rings is 2. The van der Waals surface area contributed by atoms with Crippen LogP contribution in [-0.4, -0.2) is 44.1 Å². The van der Waals surface area contributed by atoms with Crippen molar-refractivity contribution < 1.29 is 9.53 Å². The molecule has 1 aliphatic heterocycles. The number of aryl methyl sites for hydroxylation is 1. The Bertz CT molecular complexity index is 1250. The van der Waals surface area contributed by atoms with Crippen molar-refractivity contribution in [3.05, 3.63) is 77.9 Å². The molecular weight excluding hydrogens is 414 g/mol. The van der Waals surface area contributed by atoms with Crippen LogP contribution in [0.1, 0.15) is 40.9 Å². The second kappa shape index (κ2) is 9.40. The number of carbonyl (C=O) groups excluding carboxylic acids is 1. The molecule has 7 nitrogen and oxygen atoms in total. The van der Waals surface area contributed by atoms with Crippen LogP contribution in [0.3, 0.4) is 0 Å². The van der Waals surface area contributed by atoms with Crippen molar-refractivity contribution in [3.8, 4) is 11.6 Å². The topological polar surface area (TPSA) is 84.0 Å². The molecule has 1 fully saturated rings. The zero-order valence-electron chi connectivity index (χ0n) is 18.7. The van der Waals surface area contributed by atoms with Crippen LogP contribution in [0.4, 0.5) is 0 Å². The first-order valence-corrected chi connectivity index (χ1v) is 11.4. The first-order chi connectivity index (χ1) is 16.2. The number of amides is 1. The van der Waals surface area contributed by atoms with E-state index in [1.165, 1.54) is 10.9 Å². The van der Waals surface area contributed by atoms with Gasteiger partial charge in [0.15, 0.2) is 0 Å². The van der Waals surface area contributed by atoms with Crippen LogP contribution in [0.2, 0.25) is 0 Å². The number of rotatable bonds is 5. The number of hydrogen-bond donors (Lipinski definition) is 1. The summed E-state index contributed by atoms with van der Waals surface area (Å²) in [5, 5.41) is 8.43. The van der Waals surface area contributed by atoms with Crippen molar-refractivity contribution in [1.82, 2.24) is 25.1 Å². The standard InChI is InChI=1S/C26H27N5O2/c1-18-9-10-21(16-28-18)33-25-22(7-3-12-27-25)26(32)31-13-4-5-19(11-14-31)15-20-6-2-8-24-23(20)17-29-30-24/h2-3,6-10,12,16-17,19H,4-5,11,13-15H2,1H3,(H,29,30). The number of H-pyrrole nitrogens is 1. The molecule has 1 unspecified atom stereocenters. The zero-order chi connectivity index (χ0) is 22.6. The van der Waals surface area contributed by atoms with Crippen LogP contribution < -0.4 is 4.74 Å². The Balaban J connectivity index is 1.27. The van der Waals surface area contributed by atoms with Crippen LogP contribution in [0.5, 0.6) is 11.6 Å². The van der Waals surface area contributed by atoms with Crippen LogP contribution in [0, 0.1) is 12.8 Å². The minimum atomic E-state index is -0.0317. The van der Waals surface area contributed by atoms with Gasteiger partial charge in [-0.2, -0.15) is 5.10 Å². The fourth-order valence-electron chi connectivity index (χ4n) is 4.52. The van der Waals surface area contributed by atoms with E-state index in [4.69, 9.17) is 4.74 Å². The van der Waals surface area contributed by atoms with Crippen LogP contribution in [-0.2, 0) is 6.42 Å². The molecule has 1 N–H and O–H groups in total. The van der Waals surface area contributed by atoms with Crippen molar-refractivity contribution in [2.45, 2.75) is 32.6 Å². The summed E-state index contributed by atoms with van der Waals surface area (Å²) in [6, 6.07) is 13.6. The van der Waals surface area contributed by atoms with Crippen molar-refractivity contribution in [2.24, 2.45) is 5.92 Å². The third-order valence-corrected chi connectivity index (χ3v) is 6.32. The Morgan fingerprint density at radius 2 is 2.03 bits per heavy atom. The number of ether oxygens (including phenoxy) is 1. The molecule has 1 amide bonds. The first-order valence-electron chi connectivity index (χ1n) is 11.4. The number of fused-ring (bicyclic) bond motifs is 1. The van der Waals surface area contributed by atoms with Crippen molar-refractivity contribution >= 4 is 16.8 Å². The Morgan fingerprint density at radius 1 is 1.09 bits per heavy atom. The number of aromatic amines is 1. The number of nitrogens with zero attached hydrogens (tertiary/aromatic N) is 4. The number of benzene rings is 1. The molecule has 3 aromatic heterocycles. The maximum Gasteiger partial charge on any atom is 0.259 e. The molecule has 0 bridgehead atoms. The highest BCUT2D eigenvalue weighted by Crippen LogP contribution is 2.28. The molecular formula is C26H27N5O2. The van der Waals surface area contributed by atoms with Gasteiger partial charge >= 0.3 is 0 Å². The smallest absolute Gasteiger partial charge is 0.259 e. The van der Waals surface area contributed by atoms with Crippen LogP contribution in [0.15, 0.2) is 61.1 Å². The van der Waals surface area contributed by atoms with E-state index < -0.39 is 0 Å². The average molecular weight is 442 g/mol. The maximum atomic E-state index is 13.4. The van der Waals surface area contributed by atoms with Gasteiger partial charge in [-0.25, -0.2) is 4.98 Å².